The van der Waals surface area contributed by atoms with Crippen molar-refractivity contribution in [3.63, 3.8) is 0 Å². The molecule has 0 saturated heterocycles. The number of benzene rings is 1. The molecule has 0 saturated carbocycles. The lowest BCUT2D eigenvalue weighted by molar-refractivity contribution is 0.404. The minimum Gasteiger partial charge on any atom is -0.496 e. The van der Waals surface area contributed by atoms with Crippen molar-refractivity contribution in [3.05, 3.63) is 44.9 Å². The van der Waals surface area contributed by atoms with E-state index in [9.17, 15) is 0 Å². The van der Waals surface area contributed by atoms with E-state index >= 15 is 0 Å². The number of aryl methyl sites for hydroxylation is 3. The van der Waals surface area contributed by atoms with Crippen LogP contribution in [0.25, 0.3) is 0 Å². The smallest absolute Gasteiger partial charge is 0.124 e. The number of thiazole rings is 1. The van der Waals surface area contributed by atoms with Gasteiger partial charge in [-0.2, -0.15) is 0 Å². The van der Waals surface area contributed by atoms with Crippen LogP contribution in [0, 0.1) is 20.8 Å². The summed E-state index contributed by atoms with van der Waals surface area (Å²) in [6, 6.07) is 6.49. The maximum Gasteiger partial charge on any atom is 0.124 e. The van der Waals surface area contributed by atoms with Gasteiger partial charge >= 0.3 is 0 Å². The number of aromatic nitrogens is 1. The average Bonchev–Trinajstić information content (AvgIpc) is 2.78. The van der Waals surface area contributed by atoms with Gasteiger partial charge in [-0.3, -0.25) is 0 Å². The van der Waals surface area contributed by atoms with Gasteiger partial charge in [0.1, 0.15) is 5.75 Å². The van der Waals surface area contributed by atoms with Gasteiger partial charge < -0.3 is 10.1 Å². The Balaban J connectivity index is 2.50. The number of methoxy groups -OCH3 is 1. The van der Waals surface area contributed by atoms with Crippen LogP contribution in [-0.2, 0) is 0 Å². The summed E-state index contributed by atoms with van der Waals surface area (Å²) in [7, 11) is 1.73. The standard InChI is InChI=1S/C17H24N2OS/c1-6-9-18-16(17-12(3)19-13(4)21-17)14-10-11(2)7-8-15(14)20-5/h7-8,10,16,18H,6,9H2,1-5H3. The number of hydrogen-bond acceptors (Lipinski definition) is 4. The number of nitrogens with one attached hydrogen (secondary N) is 1. The Morgan fingerprint density at radius 3 is 2.62 bits per heavy atom. The molecule has 0 aliphatic heterocycles. The molecule has 0 fully saturated rings. The molecule has 1 heterocycles. The van der Waals surface area contributed by atoms with Gasteiger partial charge in [-0.25, -0.2) is 4.98 Å². The highest BCUT2D eigenvalue weighted by Gasteiger charge is 2.22. The van der Waals surface area contributed by atoms with Gasteiger partial charge in [0.05, 0.1) is 23.9 Å². The highest BCUT2D eigenvalue weighted by molar-refractivity contribution is 7.11. The summed E-state index contributed by atoms with van der Waals surface area (Å²) in [6.07, 6.45) is 1.10. The zero-order valence-corrected chi connectivity index (χ0v) is 14.3. The molecule has 0 amide bonds. The maximum absolute atomic E-state index is 5.57. The molecule has 0 aliphatic carbocycles. The van der Waals surface area contributed by atoms with Crippen LogP contribution in [0.1, 0.15) is 46.1 Å². The molecule has 0 bridgehead atoms. The van der Waals surface area contributed by atoms with Gasteiger partial charge in [-0.05, 0) is 39.8 Å². The molecule has 3 nitrogen and oxygen atoms in total. The van der Waals surface area contributed by atoms with Crippen LogP contribution in [0.2, 0.25) is 0 Å². The van der Waals surface area contributed by atoms with E-state index in [1.165, 1.54) is 16.0 Å². The number of nitrogens with zero attached hydrogens (tertiary/aromatic N) is 1. The van der Waals surface area contributed by atoms with Gasteiger partial charge in [-0.15, -0.1) is 11.3 Å². The van der Waals surface area contributed by atoms with Crippen LogP contribution >= 0.6 is 11.3 Å². The van der Waals surface area contributed by atoms with Crippen molar-refractivity contribution in [1.82, 2.24) is 10.3 Å². The lowest BCUT2D eigenvalue weighted by atomic mass is 10.0. The molecule has 1 aromatic heterocycles. The molecule has 0 radical (unpaired) electrons. The minimum absolute atomic E-state index is 0.144. The molecule has 2 rings (SSSR count). The van der Waals surface area contributed by atoms with E-state index in [4.69, 9.17) is 4.74 Å². The molecule has 1 unspecified atom stereocenters. The first-order valence-electron chi connectivity index (χ1n) is 7.38. The number of rotatable bonds is 6. The zero-order chi connectivity index (χ0) is 15.4. The van der Waals surface area contributed by atoms with Crippen molar-refractivity contribution < 1.29 is 4.74 Å². The molecule has 21 heavy (non-hydrogen) atoms. The molecule has 0 spiro atoms. The van der Waals surface area contributed by atoms with Crippen LogP contribution in [-0.4, -0.2) is 18.6 Å². The van der Waals surface area contributed by atoms with E-state index in [2.05, 4.69) is 56.2 Å². The number of ether oxygens (including phenoxy) is 1. The van der Waals surface area contributed by atoms with E-state index in [1.54, 1.807) is 18.4 Å². The van der Waals surface area contributed by atoms with Crippen molar-refractivity contribution in [2.75, 3.05) is 13.7 Å². The summed E-state index contributed by atoms with van der Waals surface area (Å²) in [5, 5.41) is 4.76. The fraction of sp³-hybridized carbons (Fsp3) is 0.471. The third-order valence-electron chi connectivity index (χ3n) is 3.50. The average molecular weight is 304 g/mol. The molecule has 2 aromatic rings. The highest BCUT2D eigenvalue weighted by atomic mass is 32.1. The summed E-state index contributed by atoms with van der Waals surface area (Å²) in [5.74, 6) is 0.930. The Hall–Kier alpha value is -1.39. The second kappa shape index (κ2) is 7.05. The second-order valence-corrected chi connectivity index (χ2v) is 6.55. The third-order valence-corrected chi connectivity index (χ3v) is 4.63. The van der Waals surface area contributed by atoms with Gasteiger partial charge in [0.25, 0.3) is 0 Å². The van der Waals surface area contributed by atoms with E-state index in [1.807, 2.05) is 0 Å². The Bertz CT molecular complexity index is 607. The maximum atomic E-state index is 5.57. The SMILES string of the molecule is CCCNC(c1cc(C)ccc1OC)c1sc(C)nc1C. The molecular formula is C17H24N2OS. The summed E-state index contributed by atoms with van der Waals surface area (Å²) in [6.45, 7) is 9.42. The Kier molecular flexibility index (Phi) is 5.37. The Morgan fingerprint density at radius 1 is 1.29 bits per heavy atom. The predicted molar refractivity (Wildman–Crippen MR) is 89.5 cm³/mol. The minimum atomic E-state index is 0.144. The van der Waals surface area contributed by atoms with Crippen LogP contribution in [0.4, 0.5) is 0 Å². The summed E-state index contributed by atoms with van der Waals surface area (Å²) < 4.78 is 5.57. The van der Waals surface area contributed by atoms with Crippen molar-refractivity contribution in [2.24, 2.45) is 0 Å². The highest BCUT2D eigenvalue weighted by Crippen LogP contribution is 2.35. The van der Waals surface area contributed by atoms with E-state index in [0.717, 1.165) is 29.4 Å². The molecule has 4 heteroatoms. The first-order chi connectivity index (χ1) is 10.1. The van der Waals surface area contributed by atoms with E-state index in [0.29, 0.717) is 0 Å². The lowest BCUT2D eigenvalue weighted by Gasteiger charge is -2.21. The lowest BCUT2D eigenvalue weighted by Crippen LogP contribution is -2.23. The monoisotopic (exact) mass is 304 g/mol. The van der Waals surface area contributed by atoms with Crippen molar-refractivity contribution in [3.8, 4) is 5.75 Å². The quantitative estimate of drug-likeness (QED) is 0.870. The van der Waals surface area contributed by atoms with Crippen LogP contribution < -0.4 is 10.1 Å². The largest absolute Gasteiger partial charge is 0.496 e. The molecular weight excluding hydrogens is 280 g/mol. The summed E-state index contributed by atoms with van der Waals surface area (Å²) >= 11 is 1.76. The van der Waals surface area contributed by atoms with Crippen LogP contribution in [0.5, 0.6) is 5.75 Å². The van der Waals surface area contributed by atoms with Gasteiger partial charge in [0.2, 0.25) is 0 Å². The van der Waals surface area contributed by atoms with E-state index in [-0.39, 0.29) is 6.04 Å². The normalized spacial score (nSPS) is 12.4. The zero-order valence-electron chi connectivity index (χ0n) is 13.5. The molecule has 0 aliphatic rings. The van der Waals surface area contributed by atoms with Crippen molar-refractivity contribution >= 4 is 11.3 Å². The number of hydrogen-bond donors (Lipinski definition) is 1. The fourth-order valence-electron chi connectivity index (χ4n) is 2.53. The topological polar surface area (TPSA) is 34.1 Å². The Labute approximate surface area is 131 Å². The van der Waals surface area contributed by atoms with Gasteiger partial charge in [-0.1, -0.05) is 24.6 Å². The van der Waals surface area contributed by atoms with Crippen molar-refractivity contribution in [1.29, 1.82) is 0 Å². The second-order valence-electron chi connectivity index (χ2n) is 5.32. The van der Waals surface area contributed by atoms with Crippen LogP contribution in [0.3, 0.4) is 0 Å². The third kappa shape index (κ3) is 3.63. The van der Waals surface area contributed by atoms with E-state index < -0.39 is 0 Å². The van der Waals surface area contributed by atoms with Crippen LogP contribution in [0.15, 0.2) is 18.2 Å². The van der Waals surface area contributed by atoms with Gasteiger partial charge in [0.15, 0.2) is 0 Å². The Morgan fingerprint density at radius 2 is 2.05 bits per heavy atom. The fourth-order valence-corrected chi connectivity index (χ4v) is 3.55. The predicted octanol–water partition coefficient (Wildman–Crippen LogP) is 4.17. The van der Waals surface area contributed by atoms with Crippen molar-refractivity contribution in [2.45, 2.75) is 40.2 Å². The molecule has 1 N–H and O–H groups in total. The first-order valence-corrected chi connectivity index (χ1v) is 8.20. The molecule has 1 atom stereocenters. The summed E-state index contributed by atoms with van der Waals surface area (Å²) in [4.78, 5) is 5.86. The summed E-state index contributed by atoms with van der Waals surface area (Å²) in [5.41, 5.74) is 3.54. The first kappa shape index (κ1) is 16.0. The van der Waals surface area contributed by atoms with Gasteiger partial charge in [0, 0.05) is 10.4 Å². The molecule has 1 aromatic carbocycles. The molecule has 114 valence electrons.